The van der Waals surface area contributed by atoms with Crippen LogP contribution in [0.15, 0.2) is 18.2 Å². The van der Waals surface area contributed by atoms with Crippen LogP contribution in [-0.2, 0) is 9.53 Å². The Morgan fingerprint density at radius 2 is 1.93 bits per heavy atom. The van der Waals surface area contributed by atoms with Gasteiger partial charge in [-0.2, -0.15) is 0 Å². The minimum Gasteiger partial charge on any atom is -0.364 e. The Kier molecular flexibility index (Phi) is 7.65. The number of carbonyl (C=O) groups is 2. The molecule has 3 N–H and O–H groups in total. The van der Waals surface area contributed by atoms with Crippen molar-refractivity contribution in [3.05, 3.63) is 29.3 Å². The van der Waals surface area contributed by atoms with Gasteiger partial charge in [-0.15, -0.1) is 12.4 Å². The van der Waals surface area contributed by atoms with Crippen LogP contribution in [0.5, 0.6) is 0 Å². The van der Waals surface area contributed by atoms with E-state index >= 15 is 0 Å². The largest absolute Gasteiger partial charge is 0.364 e. The van der Waals surface area contributed by atoms with Crippen LogP contribution in [0.4, 0.5) is 5.69 Å². The zero-order chi connectivity index (χ0) is 18.7. The molecule has 0 spiro atoms. The van der Waals surface area contributed by atoms with Crippen LogP contribution in [-0.4, -0.2) is 48.6 Å². The number of ether oxygens (including phenoxy) is 1. The van der Waals surface area contributed by atoms with Gasteiger partial charge in [0.25, 0.3) is 11.8 Å². The van der Waals surface area contributed by atoms with Gasteiger partial charge in [0, 0.05) is 30.9 Å². The van der Waals surface area contributed by atoms with Gasteiger partial charge < -0.3 is 20.7 Å². The molecule has 27 heavy (non-hydrogen) atoms. The number of hydrogen-bond acceptors (Lipinski definition) is 4. The van der Waals surface area contributed by atoms with Crippen molar-refractivity contribution >= 4 is 29.9 Å². The van der Waals surface area contributed by atoms with Crippen molar-refractivity contribution < 1.29 is 14.3 Å². The van der Waals surface area contributed by atoms with E-state index in [1.54, 1.807) is 6.07 Å². The lowest BCUT2D eigenvalue weighted by Gasteiger charge is -2.30. The minimum absolute atomic E-state index is 0. The molecule has 2 fully saturated rings. The van der Waals surface area contributed by atoms with E-state index in [0.717, 1.165) is 43.6 Å². The Balaban J connectivity index is 0.00000261. The summed E-state index contributed by atoms with van der Waals surface area (Å²) in [5.41, 5.74) is 7.87. The van der Waals surface area contributed by atoms with Gasteiger partial charge in [-0.3, -0.25) is 9.59 Å². The standard InChI is InChI=1S/C20H29N3O3.ClH/c1-13-7-9-23(10-8-13)20(25)15-3-5-17(14(2)11-15)22-19(24)18-6-4-16(12-21)26-18;/h3,5,11,13,16,18H,4,6-10,12,21H2,1-2H3,(H,22,24);1H/t16-,18+;/m1./s1. The van der Waals surface area contributed by atoms with Gasteiger partial charge >= 0.3 is 0 Å². The second-order valence-corrected chi connectivity index (χ2v) is 7.55. The Morgan fingerprint density at radius 1 is 1.22 bits per heavy atom. The third-order valence-electron chi connectivity index (χ3n) is 5.46. The van der Waals surface area contributed by atoms with Crippen LogP contribution in [0.2, 0.25) is 0 Å². The summed E-state index contributed by atoms with van der Waals surface area (Å²) in [6.45, 7) is 6.21. The summed E-state index contributed by atoms with van der Waals surface area (Å²) in [6.07, 6.45) is 3.15. The molecule has 0 unspecified atom stereocenters. The lowest BCUT2D eigenvalue weighted by atomic mass is 9.98. The molecule has 0 bridgehead atoms. The molecule has 2 atom stereocenters. The monoisotopic (exact) mass is 395 g/mol. The highest BCUT2D eigenvalue weighted by atomic mass is 35.5. The number of likely N-dealkylation sites (tertiary alicyclic amines) is 1. The predicted molar refractivity (Wildman–Crippen MR) is 108 cm³/mol. The first-order chi connectivity index (χ1) is 12.5. The maximum absolute atomic E-state index is 12.7. The predicted octanol–water partition coefficient (Wildman–Crippen LogP) is 2.73. The van der Waals surface area contributed by atoms with E-state index in [2.05, 4.69) is 12.2 Å². The van der Waals surface area contributed by atoms with E-state index < -0.39 is 6.10 Å². The number of nitrogens with two attached hydrogens (primary N) is 1. The van der Waals surface area contributed by atoms with Crippen molar-refractivity contribution in [2.24, 2.45) is 11.7 Å². The van der Waals surface area contributed by atoms with Crippen LogP contribution >= 0.6 is 12.4 Å². The first kappa shape index (κ1) is 21.7. The average Bonchev–Trinajstić information content (AvgIpc) is 3.13. The Bertz CT molecular complexity index is 674. The van der Waals surface area contributed by atoms with Gasteiger partial charge in [0.05, 0.1) is 6.10 Å². The topological polar surface area (TPSA) is 84.7 Å². The van der Waals surface area contributed by atoms with E-state index in [0.29, 0.717) is 24.4 Å². The summed E-state index contributed by atoms with van der Waals surface area (Å²) in [5, 5.41) is 2.92. The first-order valence-electron chi connectivity index (χ1n) is 9.54. The van der Waals surface area contributed by atoms with Crippen LogP contribution in [0, 0.1) is 12.8 Å². The fraction of sp³-hybridized carbons (Fsp3) is 0.600. The number of hydrogen-bond donors (Lipinski definition) is 2. The van der Waals surface area contributed by atoms with Crippen molar-refractivity contribution in [1.82, 2.24) is 4.90 Å². The maximum atomic E-state index is 12.7. The number of halogens is 1. The van der Waals surface area contributed by atoms with Crippen molar-refractivity contribution in [2.45, 2.75) is 51.7 Å². The third-order valence-corrected chi connectivity index (χ3v) is 5.46. The molecule has 1 aromatic carbocycles. The van der Waals surface area contributed by atoms with E-state index in [-0.39, 0.29) is 30.3 Å². The quantitative estimate of drug-likeness (QED) is 0.820. The Labute approximate surface area is 167 Å². The normalized spacial score (nSPS) is 23.0. The van der Waals surface area contributed by atoms with Gasteiger partial charge in [0.15, 0.2) is 0 Å². The molecule has 6 nitrogen and oxygen atoms in total. The van der Waals surface area contributed by atoms with Gasteiger partial charge in [-0.05, 0) is 62.3 Å². The molecule has 2 saturated heterocycles. The summed E-state index contributed by atoms with van der Waals surface area (Å²) < 4.78 is 5.64. The second-order valence-electron chi connectivity index (χ2n) is 7.55. The molecular weight excluding hydrogens is 366 g/mol. The number of aryl methyl sites for hydroxylation is 1. The van der Waals surface area contributed by atoms with E-state index in [1.165, 1.54) is 0 Å². The summed E-state index contributed by atoms with van der Waals surface area (Å²) in [7, 11) is 0. The molecule has 7 heteroatoms. The zero-order valence-electron chi connectivity index (χ0n) is 16.1. The van der Waals surface area contributed by atoms with Gasteiger partial charge in [0.1, 0.15) is 6.10 Å². The molecule has 1 aromatic rings. The number of carbonyl (C=O) groups excluding carboxylic acids is 2. The van der Waals surface area contributed by atoms with E-state index in [9.17, 15) is 9.59 Å². The zero-order valence-corrected chi connectivity index (χ0v) is 16.9. The molecule has 2 amide bonds. The number of nitrogens with one attached hydrogen (secondary N) is 1. The Morgan fingerprint density at radius 3 is 2.52 bits per heavy atom. The lowest BCUT2D eigenvalue weighted by Crippen LogP contribution is -2.37. The van der Waals surface area contributed by atoms with Gasteiger partial charge in [0.2, 0.25) is 0 Å². The lowest BCUT2D eigenvalue weighted by molar-refractivity contribution is -0.126. The van der Waals surface area contributed by atoms with Crippen molar-refractivity contribution in [2.75, 3.05) is 25.0 Å². The van der Waals surface area contributed by atoms with Crippen LogP contribution < -0.4 is 11.1 Å². The summed E-state index contributed by atoms with van der Waals surface area (Å²) in [5.74, 6) is 0.617. The third kappa shape index (κ3) is 5.21. The molecule has 3 rings (SSSR count). The van der Waals surface area contributed by atoms with Crippen molar-refractivity contribution in [3.8, 4) is 0 Å². The molecule has 0 aliphatic carbocycles. The molecule has 150 valence electrons. The maximum Gasteiger partial charge on any atom is 0.253 e. The number of anilines is 1. The number of benzene rings is 1. The minimum atomic E-state index is -0.445. The molecule has 2 aliphatic heterocycles. The molecule has 2 aliphatic rings. The van der Waals surface area contributed by atoms with Crippen molar-refractivity contribution in [1.29, 1.82) is 0 Å². The number of rotatable bonds is 4. The van der Waals surface area contributed by atoms with Crippen LogP contribution in [0.25, 0.3) is 0 Å². The molecule has 0 aromatic heterocycles. The van der Waals surface area contributed by atoms with E-state index in [4.69, 9.17) is 10.5 Å². The highest BCUT2D eigenvalue weighted by Crippen LogP contribution is 2.24. The fourth-order valence-corrected chi connectivity index (χ4v) is 3.62. The van der Waals surface area contributed by atoms with E-state index in [1.807, 2.05) is 24.0 Å². The van der Waals surface area contributed by atoms with Crippen LogP contribution in [0.3, 0.4) is 0 Å². The second kappa shape index (κ2) is 9.53. The molecule has 0 saturated carbocycles. The summed E-state index contributed by atoms with van der Waals surface area (Å²) in [4.78, 5) is 27.0. The fourth-order valence-electron chi connectivity index (χ4n) is 3.62. The Hall–Kier alpha value is -1.63. The SMILES string of the molecule is Cc1cc(C(=O)N2CCC(C)CC2)ccc1NC(=O)[C@@H]1CC[C@H](CN)O1.Cl. The highest BCUT2D eigenvalue weighted by molar-refractivity contribution is 5.97. The molecular formula is C20H30ClN3O3. The van der Waals surface area contributed by atoms with Crippen molar-refractivity contribution in [3.63, 3.8) is 0 Å². The molecule has 2 heterocycles. The highest BCUT2D eigenvalue weighted by Gasteiger charge is 2.30. The number of nitrogens with zero attached hydrogens (tertiary/aromatic N) is 1. The summed E-state index contributed by atoms with van der Waals surface area (Å²) >= 11 is 0. The smallest absolute Gasteiger partial charge is 0.253 e. The van der Waals surface area contributed by atoms with Gasteiger partial charge in [-0.1, -0.05) is 6.92 Å². The number of amides is 2. The summed E-state index contributed by atoms with van der Waals surface area (Å²) in [6, 6.07) is 5.46. The van der Waals surface area contributed by atoms with Crippen LogP contribution in [0.1, 0.15) is 48.5 Å². The first-order valence-corrected chi connectivity index (χ1v) is 9.54. The average molecular weight is 396 g/mol. The number of piperidine rings is 1. The molecule has 0 radical (unpaired) electrons. The van der Waals surface area contributed by atoms with Gasteiger partial charge in [-0.25, -0.2) is 0 Å².